The number of hydrogen-bond donors (Lipinski definition) is 12. The van der Waals surface area contributed by atoms with E-state index in [9.17, 15) is 61.0 Å². The maximum absolute atomic E-state index is 13.4. The molecule has 3 saturated heterocycles. The van der Waals surface area contributed by atoms with Crippen LogP contribution in [0.1, 0.15) is 309 Å². The fourth-order valence-corrected chi connectivity index (χ4v) is 13.4. The summed E-state index contributed by atoms with van der Waals surface area (Å²) >= 11 is 0. The SMILES string of the molecule is CC/C=C\C/C=C\C/C=C\C/C=C\CCCCCCCCCCCCCCCCCCCCCCCCCCCCCCC(=O)NC(COC1OC(CO)C(OC2OC(CO)C(OC3OC(CO)C(O)C(O)C3O)C(O)C2O)C(O)C1O)C(O)CCCCCCCCCCCCC. The van der Waals surface area contributed by atoms with Crippen molar-refractivity contribution in [2.45, 2.75) is 413 Å². The molecule has 3 heterocycles. The fourth-order valence-electron chi connectivity index (χ4n) is 13.4. The molecule has 1 amide bonds. The van der Waals surface area contributed by atoms with Gasteiger partial charge in [0.1, 0.15) is 73.2 Å². The highest BCUT2D eigenvalue weighted by Crippen LogP contribution is 2.33. The van der Waals surface area contributed by atoms with Crippen molar-refractivity contribution in [2.75, 3.05) is 26.4 Å². The van der Waals surface area contributed by atoms with Crippen LogP contribution in [0.2, 0.25) is 0 Å². The third-order valence-corrected chi connectivity index (χ3v) is 19.7. The van der Waals surface area contributed by atoms with E-state index in [4.69, 9.17) is 28.4 Å². The molecule has 3 aliphatic rings. The Balaban J connectivity index is 1.24. The molecule has 3 aliphatic heterocycles. The van der Waals surface area contributed by atoms with Gasteiger partial charge in [-0.15, -0.1) is 0 Å². The van der Waals surface area contributed by atoms with Crippen molar-refractivity contribution in [3.63, 3.8) is 0 Å². The number of nitrogens with one attached hydrogen (secondary N) is 1. The minimum atomic E-state index is -1.97. The van der Waals surface area contributed by atoms with Gasteiger partial charge in [0.2, 0.25) is 5.91 Å². The minimum Gasteiger partial charge on any atom is -0.394 e. The van der Waals surface area contributed by atoms with Gasteiger partial charge >= 0.3 is 0 Å². The zero-order chi connectivity index (χ0) is 70.4. The molecule has 12 N–H and O–H groups in total. The molecule has 0 aromatic heterocycles. The Hall–Kier alpha value is -2.25. The van der Waals surface area contributed by atoms with Crippen molar-refractivity contribution in [3.05, 3.63) is 48.6 Å². The summed E-state index contributed by atoms with van der Waals surface area (Å²) in [5.74, 6) is -0.239. The van der Waals surface area contributed by atoms with Gasteiger partial charge in [-0.05, 0) is 51.4 Å². The van der Waals surface area contributed by atoms with Crippen LogP contribution in [0.4, 0.5) is 0 Å². The number of hydrogen-bond acceptors (Lipinski definition) is 18. The monoisotopic (exact) mass is 1380 g/mol. The second kappa shape index (κ2) is 59.2. The van der Waals surface area contributed by atoms with E-state index in [1.807, 2.05) is 0 Å². The molecule has 0 saturated carbocycles. The van der Waals surface area contributed by atoms with E-state index < -0.39 is 124 Å². The Bertz CT molecular complexity index is 1940. The first-order valence-corrected chi connectivity index (χ1v) is 39.4. The lowest BCUT2D eigenvalue weighted by molar-refractivity contribution is -0.379. The maximum atomic E-state index is 13.4. The normalized spacial score (nSPS) is 27.1. The van der Waals surface area contributed by atoms with Gasteiger partial charge < -0.3 is 89.9 Å². The first kappa shape index (κ1) is 89.0. The van der Waals surface area contributed by atoms with E-state index >= 15 is 0 Å². The molecule has 17 unspecified atom stereocenters. The molecule has 0 aliphatic carbocycles. The third-order valence-electron chi connectivity index (χ3n) is 19.7. The third kappa shape index (κ3) is 39.8. The first-order valence-electron chi connectivity index (χ1n) is 39.4. The number of aliphatic hydroxyl groups excluding tert-OH is 11. The van der Waals surface area contributed by atoms with Crippen LogP contribution in [-0.4, -0.2) is 193 Å². The molecular formula is C78H143NO18. The largest absolute Gasteiger partial charge is 0.394 e. The van der Waals surface area contributed by atoms with Crippen molar-refractivity contribution in [1.82, 2.24) is 5.32 Å². The van der Waals surface area contributed by atoms with Crippen molar-refractivity contribution in [2.24, 2.45) is 0 Å². The van der Waals surface area contributed by atoms with Crippen molar-refractivity contribution in [1.29, 1.82) is 0 Å². The summed E-state index contributed by atoms with van der Waals surface area (Å²) in [5, 5.41) is 121. The van der Waals surface area contributed by atoms with Crippen molar-refractivity contribution in [3.8, 4) is 0 Å². The van der Waals surface area contributed by atoms with Crippen LogP contribution in [0.3, 0.4) is 0 Å². The number of aliphatic hydroxyl groups is 11. The van der Waals surface area contributed by atoms with Crippen LogP contribution in [0.15, 0.2) is 48.6 Å². The molecule has 3 fully saturated rings. The highest BCUT2D eigenvalue weighted by Gasteiger charge is 2.54. The highest BCUT2D eigenvalue weighted by atomic mass is 16.8. The van der Waals surface area contributed by atoms with E-state index in [2.05, 4.69) is 67.8 Å². The first-order chi connectivity index (χ1) is 47.3. The van der Waals surface area contributed by atoms with Gasteiger partial charge in [-0.1, -0.05) is 300 Å². The number of carbonyl (C=O) groups excluding carboxylic acids is 1. The van der Waals surface area contributed by atoms with E-state index in [0.29, 0.717) is 12.8 Å². The molecule has 19 nitrogen and oxygen atoms in total. The molecule has 568 valence electrons. The lowest BCUT2D eigenvalue weighted by Gasteiger charge is -2.48. The Morgan fingerprint density at radius 3 is 1.11 bits per heavy atom. The summed E-state index contributed by atoms with van der Waals surface area (Å²) in [5.41, 5.74) is 0. The number of rotatable bonds is 62. The zero-order valence-corrected chi connectivity index (χ0v) is 60.6. The minimum absolute atomic E-state index is 0.239. The summed E-state index contributed by atoms with van der Waals surface area (Å²) in [6, 6.07) is -0.884. The van der Waals surface area contributed by atoms with E-state index in [-0.39, 0.29) is 18.9 Å². The Morgan fingerprint density at radius 2 is 0.711 bits per heavy atom. The maximum Gasteiger partial charge on any atom is 0.220 e. The van der Waals surface area contributed by atoms with Gasteiger partial charge in [-0.25, -0.2) is 0 Å². The van der Waals surface area contributed by atoms with Gasteiger partial charge in [-0.2, -0.15) is 0 Å². The average Bonchev–Trinajstić information content (AvgIpc) is 0.790. The molecule has 97 heavy (non-hydrogen) atoms. The molecule has 0 radical (unpaired) electrons. The number of ether oxygens (including phenoxy) is 6. The van der Waals surface area contributed by atoms with E-state index in [0.717, 1.165) is 70.6 Å². The van der Waals surface area contributed by atoms with Crippen molar-refractivity contribution >= 4 is 5.91 Å². The fraction of sp³-hybridized carbons (Fsp3) is 0.885. The number of carbonyl (C=O) groups is 1. The van der Waals surface area contributed by atoms with Crippen LogP contribution in [0, 0.1) is 0 Å². The van der Waals surface area contributed by atoms with Crippen LogP contribution in [0.5, 0.6) is 0 Å². The van der Waals surface area contributed by atoms with Gasteiger partial charge in [0.25, 0.3) is 0 Å². The van der Waals surface area contributed by atoms with Gasteiger partial charge in [0.15, 0.2) is 18.9 Å². The second-order valence-electron chi connectivity index (χ2n) is 28.2. The van der Waals surface area contributed by atoms with Gasteiger partial charge in [-0.3, -0.25) is 4.79 Å². The molecule has 17 atom stereocenters. The lowest BCUT2D eigenvalue weighted by atomic mass is 9.96. The summed E-state index contributed by atoms with van der Waals surface area (Å²) in [7, 11) is 0. The number of amides is 1. The quantitative estimate of drug-likeness (QED) is 0.0199. The standard InChI is InChI=1S/C78H143NO18/c1-3-5-7-9-11-13-15-16-17-18-19-20-21-22-23-24-25-26-27-28-29-30-31-32-33-34-35-36-37-38-39-40-41-42-43-44-46-48-50-52-54-56-66(84)79-61(62(83)55-53-51-49-47-45-14-12-10-8-6-4-2)60-92-76-72(90)69(87)74(64(58-81)94-76)97-78-73(91)70(88)75(65(59-82)95-78)96-77-71(89)68(86)67(85)63(57-80)93-77/h5,7,11,13,16-17,19-20,61-65,67-78,80-83,85-91H,3-4,6,8-10,12,14-15,18,21-60H2,1-2H3,(H,79,84)/b7-5-,13-11-,17-16-,20-19-. The highest BCUT2D eigenvalue weighted by molar-refractivity contribution is 5.76. The van der Waals surface area contributed by atoms with Crippen LogP contribution >= 0.6 is 0 Å². The van der Waals surface area contributed by atoms with Crippen molar-refractivity contribution < 1.29 is 89.4 Å². The summed E-state index contributed by atoms with van der Waals surface area (Å²) in [6.45, 7) is 1.69. The average molecular weight is 1380 g/mol. The number of unbranched alkanes of at least 4 members (excludes halogenated alkanes) is 38. The molecule has 0 aromatic rings. The Morgan fingerprint density at radius 1 is 0.381 bits per heavy atom. The topological polar surface area (TPSA) is 307 Å². The van der Waals surface area contributed by atoms with E-state index in [1.54, 1.807) is 0 Å². The Kier molecular flexibility index (Phi) is 54.3. The molecule has 19 heteroatoms. The number of allylic oxidation sites excluding steroid dienone is 8. The summed E-state index contributed by atoms with van der Waals surface area (Å²) in [6.07, 6.45) is 46.8. The van der Waals surface area contributed by atoms with E-state index in [1.165, 1.54) is 205 Å². The zero-order valence-electron chi connectivity index (χ0n) is 60.6. The summed E-state index contributed by atoms with van der Waals surface area (Å²) < 4.78 is 34.4. The molecule has 0 aromatic carbocycles. The smallest absolute Gasteiger partial charge is 0.220 e. The predicted octanol–water partition coefficient (Wildman–Crippen LogP) is 12.5. The van der Waals surface area contributed by atoms with Gasteiger partial charge in [0.05, 0.1) is 38.6 Å². The van der Waals surface area contributed by atoms with Crippen LogP contribution < -0.4 is 5.32 Å². The second-order valence-corrected chi connectivity index (χ2v) is 28.2. The predicted molar refractivity (Wildman–Crippen MR) is 383 cm³/mol. The summed E-state index contributed by atoms with van der Waals surface area (Å²) in [4.78, 5) is 13.4. The molecular weight excluding hydrogens is 1240 g/mol. The van der Waals surface area contributed by atoms with Crippen LogP contribution in [0.25, 0.3) is 0 Å². The molecule has 3 rings (SSSR count). The molecule has 0 spiro atoms. The molecule has 0 bridgehead atoms. The Labute approximate surface area is 586 Å². The van der Waals surface area contributed by atoms with Gasteiger partial charge in [0, 0.05) is 6.42 Å². The lowest BCUT2D eigenvalue weighted by Crippen LogP contribution is -2.66. The van der Waals surface area contributed by atoms with Crippen LogP contribution in [-0.2, 0) is 33.2 Å².